The molecule has 1 amide bonds. The molecule has 0 aliphatic carbocycles. The summed E-state index contributed by atoms with van der Waals surface area (Å²) in [6.45, 7) is 4.76. The fraction of sp³-hybridized carbons (Fsp3) is 0.467. The summed E-state index contributed by atoms with van der Waals surface area (Å²) in [5.74, 6) is 0.549. The molecular weight excluding hydrogens is 302 g/mol. The smallest absolute Gasteiger partial charge is 0.241 e. The normalized spacial score (nSPS) is 11.4. The zero-order valence-corrected chi connectivity index (χ0v) is 14.0. The molecule has 0 fully saturated rings. The molecule has 0 aliphatic rings. The summed E-state index contributed by atoms with van der Waals surface area (Å²) >= 11 is 5.04. The summed E-state index contributed by atoms with van der Waals surface area (Å²) in [7, 11) is 1.62. The van der Waals surface area contributed by atoms with Gasteiger partial charge in [0.25, 0.3) is 0 Å². The van der Waals surface area contributed by atoms with Crippen molar-refractivity contribution in [1.82, 2.24) is 16.2 Å². The molecule has 1 rings (SSSR count). The number of methoxy groups -OCH3 is 1. The molecule has 1 aromatic carbocycles. The standard InChI is InChI=1S/C15H23N3O3S/c1-11-4-6-13(7-5-11)21-9-8-14(19)17-18-15(22)16-12(2)10-20-3/h4-7,12H,8-10H2,1-3H3,(H,17,19)(H2,16,18,22)/t12-/m1/s1. The molecule has 0 aromatic heterocycles. The molecule has 0 saturated carbocycles. The Morgan fingerprint density at radius 3 is 2.59 bits per heavy atom. The Morgan fingerprint density at radius 1 is 1.27 bits per heavy atom. The third kappa shape index (κ3) is 7.80. The van der Waals surface area contributed by atoms with E-state index >= 15 is 0 Å². The first kappa shape index (κ1) is 18.2. The number of hydrogen-bond acceptors (Lipinski definition) is 4. The highest BCUT2D eigenvalue weighted by atomic mass is 32.1. The zero-order valence-electron chi connectivity index (χ0n) is 13.1. The summed E-state index contributed by atoms with van der Waals surface area (Å²) in [4.78, 5) is 11.6. The number of amides is 1. The van der Waals surface area contributed by atoms with Crippen LogP contribution in [0.4, 0.5) is 0 Å². The highest BCUT2D eigenvalue weighted by Crippen LogP contribution is 2.11. The van der Waals surface area contributed by atoms with Gasteiger partial charge in [-0.15, -0.1) is 0 Å². The van der Waals surface area contributed by atoms with Crippen LogP contribution in [0.15, 0.2) is 24.3 Å². The molecule has 0 heterocycles. The minimum atomic E-state index is -0.198. The number of benzene rings is 1. The lowest BCUT2D eigenvalue weighted by molar-refractivity contribution is -0.122. The van der Waals surface area contributed by atoms with Gasteiger partial charge in [-0.25, -0.2) is 0 Å². The third-order valence-electron chi connectivity index (χ3n) is 2.73. The molecule has 0 saturated heterocycles. The molecule has 1 aromatic rings. The van der Waals surface area contributed by atoms with Crippen molar-refractivity contribution in [3.63, 3.8) is 0 Å². The van der Waals surface area contributed by atoms with Crippen molar-refractivity contribution in [1.29, 1.82) is 0 Å². The van der Waals surface area contributed by atoms with E-state index in [1.165, 1.54) is 0 Å². The quantitative estimate of drug-likeness (QED) is 0.518. The average molecular weight is 325 g/mol. The molecule has 1 atom stereocenters. The molecule has 0 radical (unpaired) electrons. The first-order valence-electron chi connectivity index (χ1n) is 7.05. The van der Waals surface area contributed by atoms with Crippen molar-refractivity contribution in [2.45, 2.75) is 26.3 Å². The van der Waals surface area contributed by atoms with Crippen molar-refractivity contribution in [3.8, 4) is 5.75 Å². The summed E-state index contributed by atoms with van der Waals surface area (Å²) < 4.78 is 10.5. The summed E-state index contributed by atoms with van der Waals surface area (Å²) in [6, 6.07) is 7.74. The number of carbonyl (C=O) groups is 1. The lowest BCUT2D eigenvalue weighted by Crippen LogP contribution is -2.50. The van der Waals surface area contributed by atoms with E-state index in [2.05, 4.69) is 16.2 Å². The number of rotatable bonds is 7. The van der Waals surface area contributed by atoms with Gasteiger partial charge in [-0.2, -0.15) is 0 Å². The van der Waals surface area contributed by atoms with Gasteiger partial charge in [-0.05, 0) is 38.2 Å². The summed E-state index contributed by atoms with van der Waals surface area (Å²) in [5, 5.41) is 3.32. The van der Waals surface area contributed by atoms with Gasteiger partial charge in [0.2, 0.25) is 5.91 Å². The van der Waals surface area contributed by atoms with Crippen LogP contribution in [0.3, 0.4) is 0 Å². The Labute approximate surface area is 136 Å². The lowest BCUT2D eigenvalue weighted by Gasteiger charge is -2.16. The van der Waals surface area contributed by atoms with Crippen LogP contribution in [0, 0.1) is 6.92 Å². The number of hydrazine groups is 1. The average Bonchev–Trinajstić information content (AvgIpc) is 2.47. The fourth-order valence-corrected chi connectivity index (χ4v) is 1.89. The van der Waals surface area contributed by atoms with Gasteiger partial charge in [0, 0.05) is 13.2 Å². The number of carbonyl (C=O) groups excluding carboxylic acids is 1. The van der Waals surface area contributed by atoms with E-state index in [-0.39, 0.29) is 18.4 Å². The lowest BCUT2D eigenvalue weighted by atomic mass is 10.2. The molecular formula is C15H23N3O3S. The van der Waals surface area contributed by atoms with Gasteiger partial charge in [0.1, 0.15) is 5.75 Å². The van der Waals surface area contributed by atoms with E-state index < -0.39 is 0 Å². The number of ether oxygens (including phenoxy) is 2. The molecule has 122 valence electrons. The second kappa shape index (κ2) is 9.97. The molecule has 6 nitrogen and oxygen atoms in total. The van der Waals surface area contributed by atoms with Crippen LogP contribution in [0.5, 0.6) is 5.75 Å². The van der Waals surface area contributed by atoms with E-state index in [0.717, 1.165) is 11.3 Å². The first-order valence-corrected chi connectivity index (χ1v) is 7.46. The van der Waals surface area contributed by atoms with Crippen LogP contribution < -0.4 is 20.9 Å². The van der Waals surface area contributed by atoms with Crippen LogP contribution in [0.25, 0.3) is 0 Å². The first-order chi connectivity index (χ1) is 10.5. The van der Waals surface area contributed by atoms with E-state index in [1.54, 1.807) is 7.11 Å². The highest BCUT2D eigenvalue weighted by molar-refractivity contribution is 7.80. The van der Waals surface area contributed by atoms with E-state index in [9.17, 15) is 4.79 Å². The van der Waals surface area contributed by atoms with E-state index in [4.69, 9.17) is 21.7 Å². The van der Waals surface area contributed by atoms with Crippen LogP contribution in [-0.4, -0.2) is 37.4 Å². The third-order valence-corrected chi connectivity index (χ3v) is 2.95. The predicted octanol–water partition coefficient (Wildman–Crippen LogP) is 1.29. The zero-order chi connectivity index (χ0) is 16.4. The SMILES string of the molecule is COC[C@@H](C)NC(=S)NNC(=O)CCOc1ccc(C)cc1. The van der Waals surface area contributed by atoms with Crippen LogP contribution in [-0.2, 0) is 9.53 Å². The van der Waals surface area contributed by atoms with Gasteiger partial charge >= 0.3 is 0 Å². The molecule has 0 aliphatic heterocycles. The number of thiocarbonyl (C=S) groups is 1. The minimum Gasteiger partial charge on any atom is -0.493 e. The monoisotopic (exact) mass is 325 g/mol. The van der Waals surface area contributed by atoms with Gasteiger partial charge in [-0.3, -0.25) is 15.6 Å². The maximum Gasteiger partial charge on any atom is 0.241 e. The second-order valence-electron chi connectivity index (χ2n) is 4.91. The van der Waals surface area contributed by atoms with E-state index in [0.29, 0.717) is 18.3 Å². The molecule has 0 unspecified atom stereocenters. The van der Waals surface area contributed by atoms with Crippen molar-refractivity contribution in [3.05, 3.63) is 29.8 Å². The highest BCUT2D eigenvalue weighted by Gasteiger charge is 2.05. The molecule has 22 heavy (non-hydrogen) atoms. The largest absolute Gasteiger partial charge is 0.493 e. The summed E-state index contributed by atoms with van der Waals surface area (Å²) in [6.07, 6.45) is 0.233. The number of hydrogen-bond donors (Lipinski definition) is 3. The minimum absolute atomic E-state index is 0.0618. The van der Waals surface area contributed by atoms with Crippen LogP contribution in [0.1, 0.15) is 18.9 Å². The maximum absolute atomic E-state index is 11.6. The van der Waals surface area contributed by atoms with E-state index in [1.807, 2.05) is 38.1 Å². The van der Waals surface area contributed by atoms with Gasteiger partial charge in [-0.1, -0.05) is 17.7 Å². The fourth-order valence-electron chi connectivity index (χ4n) is 1.64. The van der Waals surface area contributed by atoms with Gasteiger partial charge in [0.15, 0.2) is 5.11 Å². The Balaban J connectivity index is 2.15. The van der Waals surface area contributed by atoms with Crippen molar-refractivity contribution in [2.75, 3.05) is 20.3 Å². The Hall–Kier alpha value is -1.86. The van der Waals surface area contributed by atoms with Crippen molar-refractivity contribution >= 4 is 23.2 Å². The topological polar surface area (TPSA) is 71.6 Å². The predicted molar refractivity (Wildman–Crippen MR) is 89.6 cm³/mol. The van der Waals surface area contributed by atoms with Crippen molar-refractivity contribution in [2.24, 2.45) is 0 Å². The summed E-state index contributed by atoms with van der Waals surface area (Å²) in [5.41, 5.74) is 6.31. The van der Waals surface area contributed by atoms with Crippen LogP contribution >= 0.6 is 12.2 Å². The number of aryl methyl sites for hydroxylation is 1. The maximum atomic E-state index is 11.6. The Bertz CT molecular complexity index is 479. The van der Waals surface area contributed by atoms with Crippen LogP contribution in [0.2, 0.25) is 0 Å². The van der Waals surface area contributed by atoms with Gasteiger partial charge in [0.05, 0.1) is 19.6 Å². The molecule has 7 heteroatoms. The van der Waals surface area contributed by atoms with Crippen molar-refractivity contribution < 1.29 is 14.3 Å². The Morgan fingerprint density at radius 2 is 1.95 bits per heavy atom. The molecule has 3 N–H and O–H groups in total. The Kier molecular flexibility index (Phi) is 8.24. The number of nitrogens with one attached hydrogen (secondary N) is 3. The molecule has 0 bridgehead atoms. The molecule has 0 spiro atoms. The second-order valence-corrected chi connectivity index (χ2v) is 5.32. The van der Waals surface area contributed by atoms with Gasteiger partial charge < -0.3 is 14.8 Å².